The van der Waals surface area contributed by atoms with E-state index in [2.05, 4.69) is 52.0 Å². The SMILES string of the molecule is CC1CN(Cc2ccc(Br)cc2)CCC1N.Cl. The van der Waals surface area contributed by atoms with Gasteiger partial charge >= 0.3 is 0 Å². The van der Waals surface area contributed by atoms with Crippen LogP contribution in [0.15, 0.2) is 28.7 Å². The molecular weight excluding hydrogens is 300 g/mol. The van der Waals surface area contributed by atoms with Crippen LogP contribution < -0.4 is 5.73 Å². The summed E-state index contributed by atoms with van der Waals surface area (Å²) in [5, 5.41) is 0. The summed E-state index contributed by atoms with van der Waals surface area (Å²) in [5.41, 5.74) is 7.40. The highest BCUT2D eigenvalue weighted by Gasteiger charge is 2.22. The molecule has 2 atom stereocenters. The van der Waals surface area contributed by atoms with Crippen LogP contribution in [0.2, 0.25) is 0 Å². The lowest BCUT2D eigenvalue weighted by molar-refractivity contribution is 0.158. The first-order chi connectivity index (χ1) is 7.65. The molecule has 1 heterocycles. The third-order valence-electron chi connectivity index (χ3n) is 3.38. The Hall–Kier alpha value is -0.0900. The number of hydrogen-bond acceptors (Lipinski definition) is 2. The average molecular weight is 320 g/mol. The van der Waals surface area contributed by atoms with Crippen molar-refractivity contribution in [3.05, 3.63) is 34.3 Å². The maximum atomic E-state index is 6.02. The van der Waals surface area contributed by atoms with Crippen molar-refractivity contribution in [1.29, 1.82) is 0 Å². The summed E-state index contributed by atoms with van der Waals surface area (Å²) in [5.74, 6) is 0.615. The molecule has 0 spiro atoms. The lowest BCUT2D eigenvalue weighted by Crippen LogP contribution is -2.45. The zero-order valence-corrected chi connectivity index (χ0v) is 12.5. The van der Waals surface area contributed by atoms with Crippen LogP contribution in [-0.2, 0) is 6.54 Å². The molecule has 2 rings (SSSR count). The van der Waals surface area contributed by atoms with Crippen LogP contribution in [0, 0.1) is 5.92 Å². The van der Waals surface area contributed by atoms with Gasteiger partial charge in [-0.25, -0.2) is 0 Å². The summed E-state index contributed by atoms with van der Waals surface area (Å²) in [7, 11) is 0. The second kappa shape index (κ2) is 6.74. The molecule has 2 nitrogen and oxygen atoms in total. The van der Waals surface area contributed by atoms with E-state index in [0.29, 0.717) is 12.0 Å². The van der Waals surface area contributed by atoms with Gasteiger partial charge in [-0.3, -0.25) is 4.90 Å². The molecule has 0 amide bonds. The second-order valence-electron chi connectivity index (χ2n) is 4.79. The molecule has 0 radical (unpaired) electrons. The molecule has 1 aliphatic rings. The fourth-order valence-electron chi connectivity index (χ4n) is 2.24. The number of halogens is 2. The first-order valence-corrected chi connectivity index (χ1v) is 6.67. The summed E-state index contributed by atoms with van der Waals surface area (Å²) >= 11 is 3.46. The van der Waals surface area contributed by atoms with Crippen molar-refractivity contribution >= 4 is 28.3 Å². The Labute approximate surface area is 118 Å². The smallest absolute Gasteiger partial charge is 0.0233 e. The third-order valence-corrected chi connectivity index (χ3v) is 3.90. The minimum absolute atomic E-state index is 0. The van der Waals surface area contributed by atoms with Gasteiger partial charge < -0.3 is 5.73 Å². The van der Waals surface area contributed by atoms with Gasteiger partial charge in [0.25, 0.3) is 0 Å². The summed E-state index contributed by atoms with van der Waals surface area (Å²) in [4.78, 5) is 2.50. The molecule has 96 valence electrons. The fourth-order valence-corrected chi connectivity index (χ4v) is 2.51. The molecule has 0 aromatic heterocycles. The largest absolute Gasteiger partial charge is 0.327 e. The van der Waals surface area contributed by atoms with Gasteiger partial charge in [0.15, 0.2) is 0 Å². The highest BCUT2D eigenvalue weighted by atomic mass is 79.9. The Morgan fingerprint density at radius 2 is 2.00 bits per heavy atom. The minimum atomic E-state index is 0. The molecule has 0 saturated carbocycles. The molecule has 0 bridgehead atoms. The van der Waals surface area contributed by atoms with E-state index in [4.69, 9.17) is 5.73 Å². The first-order valence-electron chi connectivity index (χ1n) is 5.87. The number of likely N-dealkylation sites (tertiary alicyclic amines) is 1. The molecule has 1 fully saturated rings. The Kier molecular flexibility index (Phi) is 5.93. The number of nitrogens with zero attached hydrogens (tertiary/aromatic N) is 1. The van der Waals surface area contributed by atoms with Gasteiger partial charge in [-0.2, -0.15) is 0 Å². The lowest BCUT2D eigenvalue weighted by Gasteiger charge is -2.35. The van der Waals surface area contributed by atoms with Crippen LogP contribution in [0.1, 0.15) is 18.9 Å². The summed E-state index contributed by atoms with van der Waals surface area (Å²) < 4.78 is 1.14. The Bertz CT molecular complexity index is 342. The van der Waals surface area contributed by atoms with Crippen molar-refractivity contribution in [2.24, 2.45) is 11.7 Å². The molecule has 1 aliphatic heterocycles. The molecule has 17 heavy (non-hydrogen) atoms. The fraction of sp³-hybridized carbons (Fsp3) is 0.538. The van der Waals surface area contributed by atoms with Gasteiger partial charge in [0.1, 0.15) is 0 Å². The summed E-state index contributed by atoms with van der Waals surface area (Å²) in [6, 6.07) is 8.97. The maximum absolute atomic E-state index is 6.02. The predicted molar refractivity (Wildman–Crippen MR) is 78.4 cm³/mol. The zero-order chi connectivity index (χ0) is 11.5. The molecule has 2 unspecified atom stereocenters. The molecule has 1 aromatic rings. The Morgan fingerprint density at radius 3 is 2.59 bits per heavy atom. The van der Waals surface area contributed by atoms with E-state index >= 15 is 0 Å². The van der Waals surface area contributed by atoms with Gasteiger partial charge in [-0.1, -0.05) is 35.0 Å². The van der Waals surface area contributed by atoms with E-state index in [9.17, 15) is 0 Å². The van der Waals surface area contributed by atoms with E-state index in [-0.39, 0.29) is 12.4 Å². The van der Waals surface area contributed by atoms with Crippen molar-refractivity contribution in [1.82, 2.24) is 4.90 Å². The molecular formula is C13H20BrClN2. The van der Waals surface area contributed by atoms with Crippen LogP contribution in [0.5, 0.6) is 0 Å². The van der Waals surface area contributed by atoms with Crippen molar-refractivity contribution in [3.8, 4) is 0 Å². The van der Waals surface area contributed by atoms with E-state index in [0.717, 1.165) is 30.5 Å². The van der Waals surface area contributed by atoms with Crippen molar-refractivity contribution in [2.75, 3.05) is 13.1 Å². The summed E-state index contributed by atoms with van der Waals surface area (Å²) in [6.07, 6.45) is 1.12. The molecule has 2 N–H and O–H groups in total. The van der Waals surface area contributed by atoms with E-state index in [1.54, 1.807) is 0 Å². The van der Waals surface area contributed by atoms with Gasteiger partial charge in [0.2, 0.25) is 0 Å². The van der Waals surface area contributed by atoms with Gasteiger partial charge in [0, 0.05) is 23.6 Å². The predicted octanol–water partition coefficient (Wildman–Crippen LogP) is 3.04. The first kappa shape index (κ1) is 15.0. The highest BCUT2D eigenvalue weighted by molar-refractivity contribution is 9.10. The average Bonchev–Trinajstić information content (AvgIpc) is 2.27. The number of hydrogen-bond donors (Lipinski definition) is 1. The van der Waals surface area contributed by atoms with Crippen LogP contribution in [-0.4, -0.2) is 24.0 Å². The number of benzene rings is 1. The van der Waals surface area contributed by atoms with Gasteiger partial charge in [-0.05, 0) is 36.6 Å². The quantitative estimate of drug-likeness (QED) is 0.908. The van der Waals surface area contributed by atoms with Gasteiger partial charge in [0.05, 0.1) is 0 Å². The standard InChI is InChI=1S/C13H19BrN2.ClH/c1-10-8-16(7-6-13(10)15)9-11-2-4-12(14)5-3-11;/h2-5,10,13H,6-9,15H2,1H3;1H. The normalized spacial score (nSPS) is 25.4. The van der Waals surface area contributed by atoms with Crippen LogP contribution in [0.4, 0.5) is 0 Å². The van der Waals surface area contributed by atoms with Crippen molar-refractivity contribution in [2.45, 2.75) is 25.9 Å². The number of rotatable bonds is 2. The topological polar surface area (TPSA) is 29.3 Å². The van der Waals surface area contributed by atoms with E-state index in [1.807, 2.05) is 0 Å². The van der Waals surface area contributed by atoms with Gasteiger partial charge in [-0.15, -0.1) is 12.4 Å². The molecule has 1 saturated heterocycles. The number of piperidine rings is 1. The van der Waals surface area contributed by atoms with Crippen molar-refractivity contribution < 1.29 is 0 Å². The van der Waals surface area contributed by atoms with Crippen molar-refractivity contribution in [3.63, 3.8) is 0 Å². The third kappa shape index (κ3) is 4.25. The lowest BCUT2D eigenvalue weighted by atomic mass is 9.94. The van der Waals surface area contributed by atoms with Crippen LogP contribution in [0.25, 0.3) is 0 Å². The molecule has 4 heteroatoms. The summed E-state index contributed by atoms with van der Waals surface area (Å²) in [6.45, 7) is 5.54. The highest BCUT2D eigenvalue weighted by Crippen LogP contribution is 2.18. The minimum Gasteiger partial charge on any atom is -0.327 e. The van der Waals surface area contributed by atoms with Crippen LogP contribution >= 0.6 is 28.3 Å². The number of nitrogens with two attached hydrogens (primary N) is 1. The Morgan fingerprint density at radius 1 is 1.35 bits per heavy atom. The monoisotopic (exact) mass is 318 g/mol. The molecule has 0 aliphatic carbocycles. The zero-order valence-electron chi connectivity index (χ0n) is 10.1. The van der Waals surface area contributed by atoms with E-state index < -0.39 is 0 Å². The second-order valence-corrected chi connectivity index (χ2v) is 5.71. The maximum Gasteiger partial charge on any atom is 0.0233 e. The molecule has 1 aromatic carbocycles. The van der Waals surface area contributed by atoms with Crippen LogP contribution in [0.3, 0.4) is 0 Å². The Balaban J connectivity index is 0.00000144. The van der Waals surface area contributed by atoms with E-state index in [1.165, 1.54) is 5.56 Å².